The Kier molecular flexibility index (Phi) is 5.62. The summed E-state index contributed by atoms with van der Waals surface area (Å²) in [5.74, 6) is -2.38. The van der Waals surface area contributed by atoms with E-state index in [0.717, 1.165) is 23.4 Å². The number of ether oxygens (including phenoxy) is 1. The Labute approximate surface area is 141 Å². The number of rotatable bonds is 4. The van der Waals surface area contributed by atoms with E-state index in [1.165, 1.54) is 24.5 Å². The molecule has 0 radical (unpaired) electrons. The molecule has 0 saturated heterocycles. The third-order valence-electron chi connectivity index (χ3n) is 2.94. The highest BCUT2D eigenvalue weighted by molar-refractivity contribution is 7.80. The minimum absolute atomic E-state index is 0.158. The van der Waals surface area contributed by atoms with Crippen LogP contribution in [-0.4, -0.2) is 18.2 Å². The number of thiophene rings is 1. The minimum atomic E-state index is -0.975. The summed E-state index contributed by atoms with van der Waals surface area (Å²) in [4.78, 5) is 12.8. The summed E-state index contributed by atoms with van der Waals surface area (Å²) < 4.78 is 30.8. The highest BCUT2D eigenvalue weighted by Gasteiger charge is 2.17. The predicted molar refractivity (Wildman–Crippen MR) is 91.2 cm³/mol. The van der Waals surface area contributed by atoms with Crippen molar-refractivity contribution in [2.45, 2.75) is 13.3 Å². The molecule has 23 heavy (non-hydrogen) atoms. The first kappa shape index (κ1) is 17.3. The largest absolute Gasteiger partial charge is 0.465 e. The Bertz CT molecular complexity index is 747. The lowest BCUT2D eigenvalue weighted by Gasteiger charge is -2.10. The number of carbonyl (C=O) groups excluding carboxylic acids is 1. The lowest BCUT2D eigenvalue weighted by Crippen LogP contribution is -2.20. The topological polar surface area (TPSA) is 50.4 Å². The fourth-order valence-corrected chi connectivity index (χ4v) is 3.08. The predicted octanol–water partition coefficient (Wildman–Crippen LogP) is 4.18. The molecule has 2 N–H and O–H groups in total. The molecule has 0 saturated carbocycles. The molecule has 1 heterocycles. The van der Waals surface area contributed by atoms with Gasteiger partial charge in [0.25, 0.3) is 0 Å². The van der Waals surface area contributed by atoms with Crippen LogP contribution in [0.3, 0.4) is 0 Å². The van der Waals surface area contributed by atoms with Gasteiger partial charge in [0.1, 0.15) is 5.00 Å². The Morgan fingerprint density at radius 3 is 2.61 bits per heavy atom. The molecule has 0 amide bonds. The van der Waals surface area contributed by atoms with Gasteiger partial charge in [0.15, 0.2) is 16.7 Å². The van der Waals surface area contributed by atoms with Gasteiger partial charge in [0.2, 0.25) is 0 Å². The fraction of sp³-hybridized carbons (Fsp3) is 0.200. The number of hydrogen-bond acceptors (Lipinski definition) is 4. The van der Waals surface area contributed by atoms with Crippen LogP contribution >= 0.6 is 23.6 Å². The SMILES string of the molecule is CCc1cc(C(=O)OC)c(NC(=S)Nc2ccc(F)c(F)c2)s1. The van der Waals surface area contributed by atoms with Crippen molar-refractivity contribution in [1.29, 1.82) is 0 Å². The number of nitrogens with one attached hydrogen (secondary N) is 2. The van der Waals surface area contributed by atoms with Crippen LogP contribution in [0.15, 0.2) is 24.3 Å². The molecule has 0 aliphatic heterocycles. The van der Waals surface area contributed by atoms with Crippen molar-refractivity contribution in [2.75, 3.05) is 17.7 Å². The van der Waals surface area contributed by atoms with Crippen molar-refractivity contribution in [3.05, 3.63) is 46.3 Å². The number of thiocarbonyl (C=S) groups is 1. The third kappa shape index (κ3) is 4.23. The molecule has 0 unspecified atom stereocenters. The molecule has 0 atom stereocenters. The molecule has 0 aliphatic rings. The van der Waals surface area contributed by atoms with E-state index in [2.05, 4.69) is 10.6 Å². The van der Waals surface area contributed by atoms with Gasteiger partial charge in [0, 0.05) is 16.6 Å². The van der Waals surface area contributed by atoms with Crippen molar-refractivity contribution >= 4 is 45.3 Å². The van der Waals surface area contributed by atoms with Gasteiger partial charge in [-0.25, -0.2) is 13.6 Å². The molecule has 2 aromatic rings. The summed E-state index contributed by atoms with van der Waals surface area (Å²) >= 11 is 6.51. The Morgan fingerprint density at radius 2 is 2.00 bits per heavy atom. The van der Waals surface area contributed by atoms with E-state index >= 15 is 0 Å². The van der Waals surface area contributed by atoms with E-state index < -0.39 is 17.6 Å². The average molecular weight is 356 g/mol. The third-order valence-corrected chi connectivity index (χ3v) is 4.34. The van der Waals surface area contributed by atoms with E-state index in [0.29, 0.717) is 16.3 Å². The summed E-state index contributed by atoms with van der Waals surface area (Å²) in [6, 6.07) is 5.09. The van der Waals surface area contributed by atoms with Crippen LogP contribution in [0.25, 0.3) is 0 Å². The average Bonchev–Trinajstić information content (AvgIpc) is 2.93. The molecule has 8 heteroatoms. The summed E-state index contributed by atoms with van der Waals surface area (Å²) in [5.41, 5.74) is 0.678. The molecule has 0 fully saturated rings. The zero-order chi connectivity index (χ0) is 17.0. The molecule has 1 aromatic heterocycles. The van der Waals surface area contributed by atoms with Gasteiger partial charge in [-0.3, -0.25) is 0 Å². The van der Waals surface area contributed by atoms with Crippen molar-refractivity contribution in [3.8, 4) is 0 Å². The van der Waals surface area contributed by atoms with Crippen molar-refractivity contribution in [3.63, 3.8) is 0 Å². The number of carbonyl (C=O) groups is 1. The molecule has 0 bridgehead atoms. The Hall–Kier alpha value is -2.06. The second-order valence-corrected chi connectivity index (χ2v) is 6.05. The zero-order valence-electron chi connectivity index (χ0n) is 12.4. The van der Waals surface area contributed by atoms with E-state index in [1.54, 1.807) is 6.07 Å². The highest BCUT2D eigenvalue weighted by atomic mass is 32.1. The molecule has 122 valence electrons. The lowest BCUT2D eigenvalue weighted by atomic mass is 10.2. The smallest absolute Gasteiger partial charge is 0.340 e. The lowest BCUT2D eigenvalue weighted by molar-refractivity contribution is 0.0602. The number of halogens is 2. The van der Waals surface area contributed by atoms with Crippen molar-refractivity contribution in [1.82, 2.24) is 0 Å². The second-order valence-electron chi connectivity index (χ2n) is 4.51. The van der Waals surface area contributed by atoms with Gasteiger partial charge in [-0.05, 0) is 36.8 Å². The van der Waals surface area contributed by atoms with Crippen LogP contribution < -0.4 is 10.6 Å². The number of methoxy groups -OCH3 is 1. The molecule has 0 aliphatic carbocycles. The first-order valence-corrected chi connectivity index (χ1v) is 7.91. The van der Waals surface area contributed by atoms with Crippen LogP contribution in [0.5, 0.6) is 0 Å². The number of aryl methyl sites for hydroxylation is 1. The Balaban J connectivity index is 2.14. The molecule has 1 aromatic carbocycles. The number of esters is 1. The number of anilines is 2. The summed E-state index contributed by atoms with van der Waals surface area (Å²) in [5, 5.41) is 6.32. The van der Waals surface area contributed by atoms with Gasteiger partial charge >= 0.3 is 5.97 Å². The monoisotopic (exact) mass is 356 g/mol. The molecule has 2 rings (SSSR count). The first-order valence-electron chi connectivity index (χ1n) is 6.68. The van der Waals surface area contributed by atoms with Crippen LogP contribution in [0.2, 0.25) is 0 Å². The maximum atomic E-state index is 13.2. The van der Waals surface area contributed by atoms with Gasteiger partial charge in [-0.1, -0.05) is 6.92 Å². The summed E-state index contributed by atoms with van der Waals surface area (Å²) in [6.07, 6.45) is 0.764. The van der Waals surface area contributed by atoms with Crippen molar-refractivity contribution in [2.24, 2.45) is 0 Å². The van der Waals surface area contributed by atoms with Gasteiger partial charge in [-0.2, -0.15) is 0 Å². The van der Waals surface area contributed by atoms with Gasteiger partial charge < -0.3 is 15.4 Å². The number of benzene rings is 1. The standard InChI is InChI=1S/C15H14F2N2O2S2/c1-3-9-7-10(14(20)21-2)13(23-9)19-15(22)18-8-4-5-11(16)12(17)6-8/h4-7H,3H2,1-2H3,(H2,18,19,22). The molecular formula is C15H14F2N2O2S2. The van der Waals surface area contributed by atoms with Gasteiger partial charge in [-0.15, -0.1) is 11.3 Å². The normalized spacial score (nSPS) is 10.3. The van der Waals surface area contributed by atoms with Crippen molar-refractivity contribution < 1.29 is 18.3 Å². The molecule has 0 spiro atoms. The fourth-order valence-electron chi connectivity index (χ4n) is 1.81. The zero-order valence-corrected chi connectivity index (χ0v) is 14.0. The Morgan fingerprint density at radius 1 is 1.26 bits per heavy atom. The second kappa shape index (κ2) is 7.47. The minimum Gasteiger partial charge on any atom is -0.465 e. The van der Waals surface area contributed by atoms with E-state index in [-0.39, 0.29) is 5.11 Å². The first-order chi connectivity index (χ1) is 10.9. The summed E-state index contributed by atoms with van der Waals surface area (Å²) in [6.45, 7) is 1.97. The van der Waals surface area contributed by atoms with Crippen LogP contribution in [0.1, 0.15) is 22.2 Å². The van der Waals surface area contributed by atoms with Crippen LogP contribution in [0.4, 0.5) is 19.5 Å². The maximum Gasteiger partial charge on any atom is 0.340 e. The molecular weight excluding hydrogens is 342 g/mol. The van der Waals surface area contributed by atoms with Crippen LogP contribution in [-0.2, 0) is 11.2 Å². The van der Waals surface area contributed by atoms with E-state index in [1.807, 2.05) is 6.92 Å². The maximum absolute atomic E-state index is 13.2. The van der Waals surface area contributed by atoms with E-state index in [9.17, 15) is 13.6 Å². The van der Waals surface area contributed by atoms with Gasteiger partial charge in [0.05, 0.1) is 12.7 Å². The summed E-state index contributed by atoms with van der Waals surface area (Å²) in [7, 11) is 1.30. The molecule has 4 nitrogen and oxygen atoms in total. The van der Waals surface area contributed by atoms with Crippen LogP contribution in [0, 0.1) is 11.6 Å². The van der Waals surface area contributed by atoms with E-state index in [4.69, 9.17) is 17.0 Å². The highest BCUT2D eigenvalue weighted by Crippen LogP contribution is 2.29. The quantitative estimate of drug-likeness (QED) is 0.636. The number of hydrogen-bond donors (Lipinski definition) is 2.